The Morgan fingerprint density at radius 1 is 1.30 bits per heavy atom. The second kappa shape index (κ2) is 6.93. The summed E-state index contributed by atoms with van der Waals surface area (Å²) in [4.78, 5) is 0. The number of halogens is 1. The van der Waals surface area contributed by atoms with E-state index in [1.165, 1.54) is 6.07 Å². The van der Waals surface area contributed by atoms with Crippen LogP contribution in [0.1, 0.15) is 49.8 Å². The van der Waals surface area contributed by atoms with Crippen LogP contribution in [0.3, 0.4) is 0 Å². The first kappa shape index (κ1) is 15.1. The van der Waals surface area contributed by atoms with Gasteiger partial charge in [0.25, 0.3) is 0 Å². The van der Waals surface area contributed by atoms with Crippen molar-refractivity contribution in [2.24, 2.45) is 0 Å². The molecule has 0 spiro atoms. The van der Waals surface area contributed by atoms with Crippen molar-refractivity contribution in [2.75, 3.05) is 20.8 Å². The lowest BCUT2D eigenvalue weighted by Gasteiger charge is -2.23. The molecule has 20 heavy (non-hydrogen) atoms. The number of benzene rings is 1. The van der Waals surface area contributed by atoms with Crippen molar-refractivity contribution in [1.29, 1.82) is 0 Å². The highest BCUT2D eigenvalue weighted by Gasteiger charge is 2.27. The molecule has 1 aliphatic carbocycles. The van der Waals surface area contributed by atoms with Crippen LogP contribution in [0.15, 0.2) is 6.07 Å². The molecule has 1 aromatic rings. The first-order valence-electron chi connectivity index (χ1n) is 7.39. The van der Waals surface area contributed by atoms with Gasteiger partial charge in [0.1, 0.15) is 5.82 Å². The van der Waals surface area contributed by atoms with Crippen LogP contribution < -0.4 is 14.8 Å². The van der Waals surface area contributed by atoms with Gasteiger partial charge in [0.15, 0.2) is 11.5 Å². The SMILES string of the molecule is CCCNC1CCCCc2c(F)cc(OC)c(OC)c21. The molecule has 112 valence electrons. The van der Waals surface area contributed by atoms with Gasteiger partial charge in [-0.2, -0.15) is 0 Å². The summed E-state index contributed by atoms with van der Waals surface area (Å²) < 4.78 is 25.2. The van der Waals surface area contributed by atoms with Gasteiger partial charge in [-0.15, -0.1) is 0 Å². The van der Waals surface area contributed by atoms with Crippen molar-refractivity contribution in [3.05, 3.63) is 23.0 Å². The molecule has 0 fully saturated rings. The molecule has 0 bridgehead atoms. The quantitative estimate of drug-likeness (QED) is 0.836. The van der Waals surface area contributed by atoms with Gasteiger partial charge in [0, 0.05) is 17.7 Å². The van der Waals surface area contributed by atoms with Crippen LogP contribution in [0.25, 0.3) is 0 Å². The minimum atomic E-state index is -0.178. The van der Waals surface area contributed by atoms with E-state index in [1.807, 2.05) is 0 Å². The average molecular weight is 281 g/mol. The lowest BCUT2D eigenvalue weighted by atomic mass is 9.96. The molecule has 2 rings (SSSR count). The van der Waals surface area contributed by atoms with Crippen LogP contribution in [0.4, 0.5) is 4.39 Å². The second-order valence-corrected chi connectivity index (χ2v) is 5.24. The van der Waals surface area contributed by atoms with Crippen LogP contribution in [0, 0.1) is 5.82 Å². The molecule has 1 N–H and O–H groups in total. The predicted molar refractivity (Wildman–Crippen MR) is 78.1 cm³/mol. The van der Waals surface area contributed by atoms with Crippen molar-refractivity contribution in [3.8, 4) is 11.5 Å². The molecular formula is C16H24FNO2. The molecule has 0 aromatic heterocycles. The largest absolute Gasteiger partial charge is 0.493 e. The molecule has 0 amide bonds. The van der Waals surface area contributed by atoms with Crippen LogP contribution in [-0.2, 0) is 6.42 Å². The second-order valence-electron chi connectivity index (χ2n) is 5.24. The van der Waals surface area contributed by atoms with Gasteiger partial charge in [-0.3, -0.25) is 0 Å². The molecule has 0 heterocycles. The summed E-state index contributed by atoms with van der Waals surface area (Å²) in [6, 6.07) is 1.59. The number of ether oxygens (including phenoxy) is 2. The van der Waals surface area contributed by atoms with E-state index in [1.54, 1.807) is 14.2 Å². The molecule has 0 saturated heterocycles. The number of nitrogens with one attached hydrogen (secondary N) is 1. The van der Waals surface area contributed by atoms with E-state index in [-0.39, 0.29) is 11.9 Å². The normalized spacial score (nSPS) is 18.3. The number of fused-ring (bicyclic) bond motifs is 1. The maximum Gasteiger partial charge on any atom is 0.165 e. The number of rotatable bonds is 5. The third kappa shape index (κ3) is 2.90. The first-order valence-corrected chi connectivity index (χ1v) is 7.39. The minimum Gasteiger partial charge on any atom is -0.493 e. The maximum absolute atomic E-state index is 14.3. The zero-order valence-corrected chi connectivity index (χ0v) is 12.6. The highest BCUT2D eigenvalue weighted by molar-refractivity contribution is 5.53. The Morgan fingerprint density at radius 2 is 2.10 bits per heavy atom. The number of methoxy groups -OCH3 is 2. The van der Waals surface area contributed by atoms with Crippen molar-refractivity contribution in [2.45, 2.75) is 45.1 Å². The summed E-state index contributed by atoms with van der Waals surface area (Å²) in [5.41, 5.74) is 1.74. The van der Waals surface area contributed by atoms with Gasteiger partial charge in [0.2, 0.25) is 0 Å². The summed E-state index contributed by atoms with van der Waals surface area (Å²) in [6.07, 6.45) is 4.95. The van der Waals surface area contributed by atoms with E-state index in [9.17, 15) is 4.39 Å². The highest BCUT2D eigenvalue weighted by atomic mass is 19.1. The van der Waals surface area contributed by atoms with Gasteiger partial charge in [-0.1, -0.05) is 13.3 Å². The molecule has 1 unspecified atom stereocenters. The molecule has 0 aliphatic heterocycles. The predicted octanol–water partition coefficient (Wildman–Crippen LogP) is 3.61. The van der Waals surface area contributed by atoms with Crippen molar-refractivity contribution in [3.63, 3.8) is 0 Å². The average Bonchev–Trinajstić information content (AvgIpc) is 2.68. The summed E-state index contributed by atoms with van der Waals surface area (Å²) in [7, 11) is 3.17. The van der Waals surface area contributed by atoms with Crippen molar-refractivity contribution in [1.82, 2.24) is 5.32 Å². The molecule has 0 saturated carbocycles. The smallest absolute Gasteiger partial charge is 0.165 e. The topological polar surface area (TPSA) is 30.5 Å². The minimum absolute atomic E-state index is 0.145. The van der Waals surface area contributed by atoms with E-state index in [4.69, 9.17) is 9.47 Å². The van der Waals surface area contributed by atoms with Gasteiger partial charge < -0.3 is 14.8 Å². The van der Waals surface area contributed by atoms with Crippen LogP contribution in [0.5, 0.6) is 11.5 Å². The summed E-state index contributed by atoms with van der Waals surface area (Å²) >= 11 is 0. The van der Waals surface area contributed by atoms with Gasteiger partial charge >= 0.3 is 0 Å². The molecular weight excluding hydrogens is 257 g/mol. The third-order valence-electron chi connectivity index (χ3n) is 3.92. The number of hydrogen-bond donors (Lipinski definition) is 1. The van der Waals surface area contributed by atoms with Crippen molar-refractivity contribution >= 4 is 0 Å². The maximum atomic E-state index is 14.3. The molecule has 4 heteroatoms. The molecule has 1 aliphatic rings. The Morgan fingerprint density at radius 3 is 2.75 bits per heavy atom. The fourth-order valence-electron chi connectivity index (χ4n) is 2.97. The van der Waals surface area contributed by atoms with Gasteiger partial charge in [-0.05, 0) is 37.8 Å². The fraction of sp³-hybridized carbons (Fsp3) is 0.625. The summed E-state index contributed by atoms with van der Waals surface area (Å²) in [6.45, 7) is 3.06. The lowest BCUT2D eigenvalue weighted by molar-refractivity contribution is 0.341. The van der Waals surface area contributed by atoms with E-state index in [2.05, 4.69) is 12.2 Å². The Hall–Kier alpha value is -1.29. The van der Waals surface area contributed by atoms with Gasteiger partial charge in [0.05, 0.1) is 14.2 Å². The molecule has 1 aromatic carbocycles. The van der Waals surface area contributed by atoms with E-state index in [0.29, 0.717) is 11.5 Å². The Balaban J connectivity index is 2.52. The molecule has 1 atom stereocenters. The fourth-order valence-corrected chi connectivity index (χ4v) is 2.97. The zero-order chi connectivity index (χ0) is 14.5. The van der Waals surface area contributed by atoms with E-state index < -0.39 is 0 Å². The Bertz CT molecular complexity index is 462. The number of hydrogen-bond acceptors (Lipinski definition) is 3. The van der Waals surface area contributed by atoms with E-state index in [0.717, 1.165) is 49.8 Å². The molecule has 3 nitrogen and oxygen atoms in total. The van der Waals surface area contributed by atoms with Crippen LogP contribution >= 0.6 is 0 Å². The standard InChI is InChI=1S/C16H24FNO2/c1-4-9-18-13-8-6-5-7-11-12(17)10-14(19-2)16(20-3)15(11)13/h10,13,18H,4-9H2,1-3H3. The first-order chi connectivity index (χ1) is 9.72. The van der Waals surface area contributed by atoms with Crippen LogP contribution in [-0.4, -0.2) is 20.8 Å². The summed E-state index contributed by atoms with van der Waals surface area (Å²) in [5.74, 6) is 0.983. The third-order valence-corrected chi connectivity index (χ3v) is 3.92. The van der Waals surface area contributed by atoms with Crippen molar-refractivity contribution < 1.29 is 13.9 Å². The van der Waals surface area contributed by atoms with E-state index >= 15 is 0 Å². The van der Waals surface area contributed by atoms with Gasteiger partial charge in [-0.25, -0.2) is 4.39 Å². The lowest BCUT2D eigenvalue weighted by Crippen LogP contribution is -2.23. The molecule has 0 radical (unpaired) electrons. The highest BCUT2D eigenvalue weighted by Crippen LogP contribution is 2.42. The monoisotopic (exact) mass is 281 g/mol. The summed E-state index contributed by atoms with van der Waals surface area (Å²) in [5, 5.41) is 3.52. The Kier molecular flexibility index (Phi) is 5.24. The Labute approximate surface area is 120 Å². The van der Waals surface area contributed by atoms with Crippen LogP contribution in [0.2, 0.25) is 0 Å². The zero-order valence-electron chi connectivity index (χ0n) is 12.6.